The quantitative estimate of drug-likeness (QED) is 0.754. The SMILES string of the molecule is CN1CCCC1CN(C)C1CCCC1O. The Bertz CT molecular complexity index is 210. The third-order valence-corrected chi connectivity index (χ3v) is 4.18. The van der Waals surface area contributed by atoms with Gasteiger partial charge in [-0.2, -0.15) is 0 Å². The number of rotatable bonds is 3. The Morgan fingerprint density at radius 2 is 2.07 bits per heavy atom. The van der Waals surface area contributed by atoms with E-state index < -0.39 is 0 Å². The van der Waals surface area contributed by atoms with Crippen LogP contribution in [0.15, 0.2) is 0 Å². The summed E-state index contributed by atoms with van der Waals surface area (Å²) >= 11 is 0. The lowest BCUT2D eigenvalue weighted by Gasteiger charge is -2.31. The molecule has 0 bridgehead atoms. The Labute approximate surface area is 93.1 Å². The number of aliphatic hydroxyl groups excluding tert-OH is 1. The van der Waals surface area contributed by atoms with Gasteiger partial charge < -0.3 is 10.0 Å². The van der Waals surface area contributed by atoms with E-state index in [1.807, 2.05) is 0 Å². The van der Waals surface area contributed by atoms with Crippen LogP contribution in [0.25, 0.3) is 0 Å². The van der Waals surface area contributed by atoms with E-state index in [4.69, 9.17) is 0 Å². The molecule has 88 valence electrons. The molecule has 1 saturated heterocycles. The van der Waals surface area contributed by atoms with Crippen molar-refractivity contribution in [2.45, 2.75) is 50.3 Å². The zero-order valence-corrected chi connectivity index (χ0v) is 10.0. The van der Waals surface area contributed by atoms with E-state index in [0.717, 1.165) is 13.0 Å². The van der Waals surface area contributed by atoms with Gasteiger partial charge in [0.1, 0.15) is 0 Å². The van der Waals surface area contributed by atoms with Gasteiger partial charge in [-0.05, 0) is 52.7 Å². The maximum absolute atomic E-state index is 9.84. The van der Waals surface area contributed by atoms with Gasteiger partial charge in [0.2, 0.25) is 0 Å². The van der Waals surface area contributed by atoms with E-state index >= 15 is 0 Å². The van der Waals surface area contributed by atoms with E-state index in [2.05, 4.69) is 23.9 Å². The molecule has 1 N–H and O–H groups in total. The highest BCUT2D eigenvalue weighted by Gasteiger charge is 2.31. The molecule has 2 fully saturated rings. The van der Waals surface area contributed by atoms with Crippen molar-refractivity contribution in [3.05, 3.63) is 0 Å². The molecule has 0 aromatic rings. The first-order valence-electron chi connectivity index (χ1n) is 6.27. The molecule has 0 aromatic carbocycles. The fourth-order valence-corrected chi connectivity index (χ4v) is 3.11. The van der Waals surface area contributed by atoms with Crippen molar-refractivity contribution >= 4 is 0 Å². The predicted octanol–water partition coefficient (Wildman–Crippen LogP) is 0.926. The molecule has 15 heavy (non-hydrogen) atoms. The monoisotopic (exact) mass is 212 g/mol. The van der Waals surface area contributed by atoms with Crippen molar-refractivity contribution in [3.63, 3.8) is 0 Å². The summed E-state index contributed by atoms with van der Waals surface area (Å²) in [6.45, 7) is 2.37. The molecule has 1 aliphatic carbocycles. The van der Waals surface area contributed by atoms with Crippen LogP contribution in [0.2, 0.25) is 0 Å². The van der Waals surface area contributed by atoms with Gasteiger partial charge in [0, 0.05) is 18.6 Å². The molecule has 3 heteroatoms. The Balaban J connectivity index is 1.83. The fraction of sp³-hybridized carbons (Fsp3) is 1.00. The van der Waals surface area contributed by atoms with Crippen molar-refractivity contribution in [1.29, 1.82) is 0 Å². The number of aliphatic hydroxyl groups is 1. The van der Waals surface area contributed by atoms with Crippen molar-refractivity contribution in [2.24, 2.45) is 0 Å². The first-order valence-corrected chi connectivity index (χ1v) is 6.27. The van der Waals surface area contributed by atoms with E-state index in [9.17, 15) is 5.11 Å². The van der Waals surface area contributed by atoms with Gasteiger partial charge in [0.15, 0.2) is 0 Å². The van der Waals surface area contributed by atoms with E-state index in [1.165, 1.54) is 32.2 Å². The molecule has 2 aliphatic rings. The maximum Gasteiger partial charge on any atom is 0.0695 e. The zero-order chi connectivity index (χ0) is 10.8. The lowest BCUT2D eigenvalue weighted by molar-refractivity contribution is 0.0732. The molecular weight excluding hydrogens is 188 g/mol. The second kappa shape index (κ2) is 4.81. The lowest BCUT2D eigenvalue weighted by Crippen LogP contribution is -2.44. The van der Waals surface area contributed by atoms with Gasteiger partial charge in [-0.1, -0.05) is 0 Å². The highest BCUT2D eigenvalue weighted by Crippen LogP contribution is 2.25. The molecule has 0 aromatic heterocycles. The average molecular weight is 212 g/mol. The molecule has 2 rings (SSSR count). The summed E-state index contributed by atoms with van der Waals surface area (Å²) in [7, 11) is 4.39. The third-order valence-electron chi connectivity index (χ3n) is 4.18. The topological polar surface area (TPSA) is 26.7 Å². The van der Waals surface area contributed by atoms with E-state index in [1.54, 1.807) is 0 Å². The van der Waals surface area contributed by atoms with Gasteiger partial charge in [-0.25, -0.2) is 0 Å². The van der Waals surface area contributed by atoms with Gasteiger partial charge in [-0.3, -0.25) is 4.90 Å². The minimum Gasteiger partial charge on any atom is -0.391 e. The molecule has 3 atom stereocenters. The predicted molar refractivity (Wildman–Crippen MR) is 61.9 cm³/mol. The molecule has 1 aliphatic heterocycles. The molecule has 0 spiro atoms. The van der Waals surface area contributed by atoms with Crippen LogP contribution in [0.1, 0.15) is 32.1 Å². The summed E-state index contributed by atoms with van der Waals surface area (Å²) in [5, 5.41) is 9.84. The summed E-state index contributed by atoms with van der Waals surface area (Å²) in [6.07, 6.45) is 5.94. The van der Waals surface area contributed by atoms with Gasteiger partial charge in [-0.15, -0.1) is 0 Å². The number of likely N-dealkylation sites (N-methyl/N-ethyl adjacent to an activating group) is 2. The van der Waals surface area contributed by atoms with Gasteiger partial charge in [0.25, 0.3) is 0 Å². The van der Waals surface area contributed by atoms with E-state index in [0.29, 0.717) is 12.1 Å². The summed E-state index contributed by atoms with van der Waals surface area (Å²) in [5.41, 5.74) is 0. The summed E-state index contributed by atoms with van der Waals surface area (Å²) < 4.78 is 0. The van der Waals surface area contributed by atoms with Crippen LogP contribution in [-0.2, 0) is 0 Å². The van der Waals surface area contributed by atoms with Crippen LogP contribution in [-0.4, -0.2) is 60.3 Å². The number of hydrogen-bond acceptors (Lipinski definition) is 3. The molecular formula is C12H24N2O. The second-order valence-electron chi connectivity index (χ2n) is 5.28. The van der Waals surface area contributed by atoms with Crippen LogP contribution >= 0.6 is 0 Å². The van der Waals surface area contributed by atoms with Gasteiger partial charge in [0.05, 0.1) is 6.10 Å². The molecule has 3 nitrogen and oxygen atoms in total. The van der Waals surface area contributed by atoms with Crippen LogP contribution in [0.5, 0.6) is 0 Å². The second-order valence-corrected chi connectivity index (χ2v) is 5.28. The van der Waals surface area contributed by atoms with Crippen molar-refractivity contribution in [2.75, 3.05) is 27.2 Å². The van der Waals surface area contributed by atoms with Crippen LogP contribution < -0.4 is 0 Å². The largest absolute Gasteiger partial charge is 0.391 e. The standard InChI is InChI=1S/C12H24N2O/c1-13-8-4-5-10(13)9-14(2)11-6-3-7-12(11)15/h10-12,15H,3-9H2,1-2H3. The molecule has 3 unspecified atom stereocenters. The minimum atomic E-state index is -0.0818. The first-order chi connectivity index (χ1) is 7.18. The van der Waals surface area contributed by atoms with Crippen LogP contribution in [0, 0.1) is 0 Å². The molecule has 1 heterocycles. The fourth-order valence-electron chi connectivity index (χ4n) is 3.11. The van der Waals surface area contributed by atoms with Gasteiger partial charge >= 0.3 is 0 Å². The Hall–Kier alpha value is -0.120. The van der Waals surface area contributed by atoms with Crippen LogP contribution in [0.4, 0.5) is 0 Å². The smallest absolute Gasteiger partial charge is 0.0695 e. The highest BCUT2D eigenvalue weighted by atomic mass is 16.3. The molecule has 1 saturated carbocycles. The summed E-state index contributed by atoms with van der Waals surface area (Å²) in [5.74, 6) is 0. The normalized spacial score (nSPS) is 38.0. The van der Waals surface area contributed by atoms with E-state index in [-0.39, 0.29) is 6.10 Å². The van der Waals surface area contributed by atoms with Crippen molar-refractivity contribution < 1.29 is 5.11 Å². The zero-order valence-electron chi connectivity index (χ0n) is 10.0. The summed E-state index contributed by atoms with van der Waals surface area (Å²) in [6, 6.07) is 1.13. The van der Waals surface area contributed by atoms with Crippen molar-refractivity contribution in [3.8, 4) is 0 Å². The Morgan fingerprint density at radius 1 is 1.27 bits per heavy atom. The average Bonchev–Trinajstić information content (AvgIpc) is 2.76. The molecule has 0 radical (unpaired) electrons. The number of hydrogen-bond donors (Lipinski definition) is 1. The van der Waals surface area contributed by atoms with Crippen LogP contribution in [0.3, 0.4) is 0 Å². The highest BCUT2D eigenvalue weighted by molar-refractivity contribution is 4.87. The molecule has 0 amide bonds. The number of likely N-dealkylation sites (tertiary alicyclic amines) is 1. The lowest BCUT2D eigenvalue weighted by atomic mass is 10.1. The Morgan fingerprint density at radius 3 is 2.60 bits per heavy atom. The third kappa shape index (κ3) is 2.52. The Kier molecular flexibility index (Phi) is 3.65. The first kappa shape index (κ1) is 11.4. The number of nitrogens with zero attached hydrogens (tertiary/aromatic N) is 2. The summed E-state index contributed by atoms with van der Waals surface area (Å²) in [4.78, 5) is 4.84. The minimum absolute atomic E-state index is 0.0818. The van der Waals surface area contributed by atoms with Crippen molar-refractivity contribution in [1.82, 2.24) is 9.80 Å². The maximum atomic E-state index is 9.84.